The number of hydrogen-bond donors (Lipinski definition) is 2. The minimum Gasteiger partial charge on any atom is -0.497 e. The molecule has 0 fully saturated rings. The SMILES string of the molecule is COc1ccc(C(=O)NCC(=O)OCC(=O)N[C@H](C)c2ccc3c(c2)OCO3)cc1. The van der Waals surface area contributed by atoms with Crippen molar-refractivity contribution in [2.45, 2.75) is 13.0 Å². The summed E-state index contributed by atoms with van der Waals surface area (Å²) in [5, 5.41) is 5.17. The van der Waals surface area contributed by atoms with Crippen LogP contribution in [-0.4, -0.2) is 44.8 Å². The number of ether oxygens (including phenoxy) is 4. The van der Waals surface area contributed by atoms with E-state index in [2.05, 4.69) is 10.6 Å². The topological polar surface area (TPSA) is 112 Å². The van der Waals surface area contributed by atoms with Gasteiger partial charge in [-0.15, -0.1) is 0 Å². The van der Waals surface area contributed by atoms with Crippen molar-refractivity contribution >= 4 is 17.8 Å². The molecule has 0 saturated carbocycles. The fourth-order valence-corrected chi connectivity index (χ4v) is 2.74. The molecule has 0 spiro atoms. The second-order valence-electron chi connectivity index (χ2n) is 6.47. The Morgan fingerprint density at radius 2 is 1.80 bits per heavy atom. The maximum absolute atomic E-state index is 12.0. The number of benzene rings is 2. The summed E-state index contributed by atoms with van der Waals surface area (Å²) >= 11 is 0. The van der Waals surface area contributed by atoms with Gasteiger partial charge in [0.25, 0.3) is 11.8 Å². The van der Waals surface area contributed by atoms with Crippen LogP contribution in [0.15, 0.2) is 42.5 Å². The lowest BCUT2D eigenvalue weighted by Crippen LogP contribution is -2.34. The minimum absolute atomic E-state index is 0.171. The molecule has 0 bridgehead atoms. The van der Waals surface area contributed by atoms with E-state index in [1.807, 2.05) is 6.07 Å². The van der Waals surface area contributed by atoms with Crippen LogP contribution in [0.25, 0.3) is 0 Å². The molecule has 0 unspecified atom stereocenters. The molecule has 158 valence electrons. The third kappa shape index (κ3) is 5.40. The first-order valence-electron chi connectivity index (χ1n) is 9.23. The number of methoxy groups -OCH3 is 1. The van der Waals surface area contributed by atoms with Crippen molar-refractivity contribution in [2.24, 2.45) is 0 Å². The van der Waals surface area contributed by atoms with Gasteiger partial charge in [-0.2, -0.15) is 0 Å². The Labute approximate surface area is 173 Å². The Morgan fingerprint density at radius 3 is 2.53 bits per heavy atom. The molecular formula is C21H22N2O7. The van der Waals surface area contributed by atoms with E-state index < -0.39 is 24.4 Å². The predicted octanol–water partition coefficient (Wildman–Crippen LogP) is 1.57. The van der Waals surface area contributed by atoms with Crippen LogP contribution in [0.3, 0.4) is 0 Å². The normalized spacial score (nSPS) is 12.6. The largest absolute Gasteiger partial charge is 0.497 e. The zero-order chi connectivity index (χ0) is 21.5. The van der Waals surface area contributed by atoms with Crippen molar-refractivity contribution in [1.82, 2.24) is 10.6 Å². The standard InChI is InChI=1S/C21H22N2O7/c1-13(15-5-8-17-18(9-15)30-12-29-17)23-19(24)11-28-20(25)10-22-21(26)14-3-6-16(27-2)7-4-14/h3-9,13H,10-12H2,1-2H3,(H,22,26)(H,23,24)/t13-/m1/s1. The maximum atomic E-state index is 12.0. The number of hydrogen-bond acceptors (Lipinski definition) is 7. The summed E-state index contributed by atoms with van der Waals surface area (Å²) in [5.41, 5.74) is 1.20. The highest BCUT2D eigenvalue weighted by molar-refractivity contribution is 5.96. The summed E-state index contributed by atoms with van der Waals surface area (Å²) in [6.45, 7) is 1.17. The monoisotopic (exact) mass is 414 g/mol. The summed E-state index contributed by atoms with van der Waals surface area (Å²) in [6.07, 6.45) is 0. The zero-order valence-electron chi connectivity index (χ0n) is 16.6. The van der Waals surface area contributed by atoms with Gasteiger partial charge in [0, 0.05) is 5.56 Å². The Hall–Kier alpha value is -3.75. The first kappa shape index (κ1) is 21.0. The molecule has 0 aliphatic carbocycles. The fourth-order valence-electron chi connectivity index (χ4n) is 2.74. The number of nitrogens with one attached hydrogen (secondary N) is 2. The van der Waals surface area contributed by atoms with Crippen molar-refractivity contribution in [1.29, 1.82) is 0 Å². The number of carbonyl (C=O) groups excluding carboxylic acids is 3. The average Bonchev–Trinajstić information content (AvgIpc) is 3.24. The molecule has 1 aliphatic heterocycles. The van der Waals surface area contributed by atoms with Crippen molar-refractivity contribution in [3.05, 3.63) is 53.6 Å². The quantitative estimate of drug-likeness (QED) is 0.631. The molecule has 1 heterocycles. The van der Waals surface area contributed by atoms with E-state index >= 15 is 0 Å². The van der Waals surface area contributed by atoms with Gasteiger partial charge in [0.1, 0.15) is 12.3 Å². The highest BCUT2D eigenvalue weighted by atomic mass is 16.7. The van der Waals surface area contributed by atoms with E-state index in [-0.39, 0.29) is 19.4 Å². The van der Waals surface area contributed by atoms with Gasteiger partial charge < -0.3 is 29.6 Å². The Morgan fingerprint density at radius 1 is 1.07 bits per heavy atom. The lowest BCUT2D eigenvalue weighted by atomic mass is 10.1. The van der Waals surface area contributed by atoms with Crippen LogP contribution < -0.4 is 24.8 Å². The number of carbonyl (C=O) groups is 3. The van der Waals surface area contributed by atoms with Crippen molar-refractivity contribution in [3.8, 4) is 17.2 Å². The van der Waals surface area contributed by atoms with Gasteiger partial charge in [-0.1, -0.05) is 6.07 Å². The van der Waals surface area contributed by atoms with Crippen LogP contribution in [0.1, 0.15) is 28.9 Å². The molecule has 2 aromatic carbocycles. The molecular weight excluding hydrogens is 392 g/mol. The maximum Gasteiger partial charge on any atom is 0.325 e. The third-order valence-electron chi connectivity index (χ3n) is 4.38. The molecule has 9 heteroatoms. The molecule has 1 aliphatic rings. The molecule has 3 rings (SSSR count). The van der Waals surface area contributed by atoms with Crippen LogP contribution in [0.4, 0.5) is 0 Å². The van der Waals surface area contributed by atoms with Gasteiger partial charge in [-0.05, 0) is 48.9 Å². The summed E-state index contributed by atoms with van der Waals surface area (Å²) in [6, 6.07) is 11.5. The van der Waals surface area contributed by atoms with Gasteiger partial charge in [0.15, 0.2) is 18.1 Å². The van der Waals surface area contributed by atoms with Crippen LogP contribution in [0.2, 0.25) is 0 Å². The van der Waals surface area contributed by atoms with Crippen molar-refractivity contribution in [2.75, 3.05) is 27.1 Å². The van der Waals surface area contributed by atoms with E-state index in [1.54, 1.807) is 43.3 Å². The van der Waals surface area contributed by atoms with Crippen molar-refractivity contribution in [3.63, 3.8) is 0 Å². The molecule has 30 heavy (non-hydrogen) atoms. The molecule has 9 nitrogen and oxygen atoms in total. The Balaban J connectivity index is 1.39. The van der Waals surface area contributed by atoms with Gasteiger partial charge in [-0.25, -0.2) is 0 Å². The zero-order valence-corrected chi connectivity index (χ0v) is 16.6. The second kappa shape index (κ2) is 9.64. The average molecular weight is 414 g/mol. The van der Waals surface area contributed by atoms with Crippen LogP contribution in [0, 0.1) is 0 Å². The molecule has 0 saturated heterocycles. The molecule has 2 N–H and O–H groups in total. The number of rotatable bonds is 8. The highest BCUT2D eigenvalue weighted by Gasteiger charge is 2.17. The number of esters is 1. The van der Waals surface area contributed by atoms with Crippen LogP contribution in [0.5, 0.6) is 17.2 Å². The Kier molecular flexibility index (Phi) is 6.74. The van der Waals surface area contributed by atoms with Crippen molar-refractivity contribution < 1.29 is 33.3 Å². The lowest BCUT2D eigenvalue weighted by molar-refractivity contribution is -0.147. The van der Waals surface area contributed by atoms with E-state index in [9.17, 15) is 14.4 Å². The van der Waals surface area contributed by atoms with Gasteiger partial charge in [-0.3, -0.25) is 14.4 Å². The molecule has 2 amide bonds. The number of fused-ring (bicyclic) bond motifs is 1. The minimum atomic E-state index is -0.720. The van der Waals surface area contributed by atoms with Gasteiger partial charge >= 0.3 is 5.97 Å². The third-order valence-corrected chi connectivity index (χ3v) is 4.38. The summed E-state index contributed by atoms with van der Waals surface area (Å²) in [4.78, 5) is 35.9. The predicted molar refractivity (Wildman–Crippen MR) is 105 cm³/mol. The summed E-state index contributed by atoms with van der Waals surface area (Å²) < 4.78 is 20.5. The van der Waals surface area contributed by atoms with Gasteiger partial charge in [0.05, 0.1) is 13.2 Å². The first-order valence-corrected chi connectivity index (χ1v) is 9.23. The molecule has 0 radical (unpaired) electrons. The summed E-state index contributed by atoms with van der Waals surface area (Å²) in [7, 11) is 1.52. The Bertz CT molecular complexity index is 927. The lowest BCUT2D eigenvalue weighted by Gasteiger charge is -2.15. The highest BCUT2D eigenvalue weighted by Crippen LogP contribution is 2.34. The molecule has 2 aromatic rings. The van der Waals surface area contributed by atoms with E-state index in [4.69, 9.17) is 18.9 Å². The van der Waals surface area contributed by atoms with Crippen LogP contribution >= 0.6 is 0 Å². The fraction of sp³-hybridized carbons (Fsp3) is 0.286. The first-order chi connectivity index (χ1) is 14.5. The molecule has 1 atom stereocenters. The van der Waals surface area contributed by atoms with Gasteiger partial charge in [0.2, 0.25) is 6.79 Å². The van der Waals surface area contributed by atoms with Crippen LogP contribution in [-0.2, 0) is 14.3 Å². The van der Waals surface area contributed by atoms with E-state index in [1.165, 1.54) is 7.11 Å². The second-order valence-corrected chi connectivity index (χ2v) is 6.47. The molecule has 0 aromatic heterocycles. The van der Waals surface area contributed by atoms with E-state index in [0.717, 1.165) is 5.56 Å². The summed E-state index contributed by atoms with van der Waals surface area (Å²) in [5.74, 6) is 0.274. The van der Waals surface area contributed by atoms with E-state index in [0.29, 0.717) is 22.8 Å². The smallest absolute Gasteiger partial charge is 0.325 e. The number of amides is 2.